The number of unbranched alkanes of at least 4 members (excludes halogenated alkanes) is 1. The molecule has 4 heteroatoms. The van der Waals surface area contributed by atoms with Crippen LogP contribution in [0.3, 0.4) is 0 Å². The van der Waals surface area contributed by atoms with Crippen molar-refractivity contribution in [2.45, 2.75) is 46.1 Å². The van der Waals surface area contributed by atoms with Crippen molar-refractivity contribution in [3.05, 3.63) is 35.4 Å². The van der Waals surface area contributed by atoms with Crippen molar-refractivity contribution < 1.29 is 19.4 Å². The van der Waals surface area contributed by atoms with Gasteiger partial charge in [0.2, 0.25) is 0 Å². The van der Waals surface area contributed by atoms with Gasteiger partial charge in [-0.25, -0.2) is 9.59 Å². The number of carboxylic acids is 1. The van der Waals surface area contributed by atoms with Gasteiger partial charge < -0.3 is 9.84 Å². The van der Waals surface area contributed by atoms with Crippen molar-refractivity contribution in [2.75, 3.05) is 0 Å². The number of esters is 1. The summed E-state index contributed by atoms with van der Waals surface area (Å²) in [6.45, 7) is 6.08. The lowest BCUT2D eigenvalue weighted by Gasteiger charge is -2.21. The van der Waals surface area contributed by atoms with Crippen LogP contribution in [0.2, 0.25) is 0 Å². The third kappa shape index (κ3) is 4.37. The summed E-state index contributed by atoms with van der Waals surface area (Å²) < 4.78 is 5.49. The van der Waals surface area contributed by atoms with Gasteiger partial charge in [0.1, 0.15) is 6.10 Å². The topological polar surface area (TPSA) is 63.6 Å². The molecule has 1 atom stereocenters. The highest BCUT2D eigenvalue weighted by Gasteiger charge is 2.22. The summed E-state index contributed by atoms with van der Waals surface area (Å²) >= 11 is 0. The van der Waals surface area contributed by atoms with Gasteiger partial charge in [-0.05, 0) is 24.5 Å². The van der Waals surface area contributed by atoms with Gasteiger partial charge in [-0.2, -0.15) is 0 Å². The Kier molecular flexibility index (Phi) is 6.22. The van der Waals surface area contributed by atoms with Crippen LogP contribution < -0.4 is 0 Å². The first kappa shape index (κ1) is 16.2. The summed E-state index contributed by atoms with van der Waals surface area (Å²) in [7, 11) is 0. The highest BCUT2D eigenvalue weighted by molar-refractivity contribution is 6.02. The predicted octanol–water partition coefficient (Wildman–Crippen LogP) is 3.76. The number of benzene rings is 1. The van der Waals surface area contributed by atoms with Crippen molar-refractivity contribution in [3.63, 3.8) is 0 Å². The molecule has 0 bridgehead atoms. The van der Waals surface area contributed by atoms with Gasteiger partial charge in [0.25, 0.3) is 0 Å². The lowest BCUT2D eigenvalue weighted by Crippen LogP contribution is -2.24. The van der Waals surface area contributed by atoms with Crippen molar-refractivity contribution in [2.24, 2.45) is 5.92 Å². The molecule has 0 heterocycles. The van der Waals surface area contributed by atoms with Crippen LogP contribution in [-0.2, 0) is 4.74 Å². The minimum Gasteiger partial charge on any atom is -0.478 e. The molecule has 0 unspecified atom stereocenters. The summed E-state index contributed by atoms with van der Waals surface area (Å²) in [5, 5.41) is 9.09. The summed E-state index contributed by atoms with van der Waals surface area (Å²) in [6, 6.07) is 6.13. The van der Waals surface area contributed by atoms with E-state index in [0.717, 1.165) is 19.3 Å². The van der Waals surface area contributed by atoms with Crippen LogP contribution in [0.5, 0.6) is 0 Å². The summed E-state index contributed by atoms with van der Waals surface area (Å²) in [5.74, 6) is -1.47. The van der Waals surface area contributed by atoms with Gasteiger partial charge in [0.05, 0.1) is 11.1 Å². The first-order valence-electron chi connectivity index (χ1n) is 7.00. The molecule has 0 amide bonds. The number of aromatic carboxylic acids is 1. The molecule has 0 aromatic heterocycles. The fourth-order valence-electron chi connectivity index (χ4n) is 1.98. The van der Waals surface area contributed by atoms with E-state index >= 15 is 0 Å². The largest absolute Gasteiger partial charge is 0.478 e. The van der Waals surface area contributed by atoms with Gasteiger partial charge in [-0.3, -0.25) is 0 Å². The van der Waals surface area contributed by atoms with E-state index in [1.165, 1.54) is 12.1 Å². The average molecular weight is 278 g/mol. The number of ether oxygens (including phenoxy) is 1. The molecule has 0 aliphatic carbocycles. The van der Waals surface area contributed by atoms with Crippen molar-refractivity contribution >= 4 is 11.9 Å². The number of carbonyl (C=O) groups excluding carboxylic acids is 1. The molecule has 1 aromatic rings. The second kappa shape index (κ2) is 7.68. The average Bonchev–Trinajstić information content (AvgIpc) is 2.42. The smallest absolute Gasteiger partial charge is 0.339 e. The van der Waals surface area contributed by atoms with E-state index in [4.69, 9.17) is 9.84 Å². The zero-order valence-electron chi connectivity index (χ0n) is 12.3. The van der Waals surface area contributed by atoms with E-state index in [1.807, 2.05) is 13.8 Å². The molecule has 1 rings (SSSR count). The number of carboxylic acid groups (broad SMARTS) is 1. The van der Waals surface area contributed by atoms with Crippen LogP contribution in [0.1, 0.15) is 60.7 Å². The Morgan fingerprint density at radius 2 is 1.80 bits per heavy atom. The van der Waals surface area contributed by atoms with E-state index in [-0.39, 0.29) is 23.1 Å². The van der Waals surface area contributed by atoms with Crippen molar-refractivity contribution in [3.8, 4) is 0 Å². The highest BCUT2D eigenvalue weighted by Crippen LogP contribution is 2.18. The molecule has 0 radical (unpaired) electrons. The second-order valence-corrected chi connectivity index (χ2v) is 5.18. The molecule has 20 heavy (non-hydrogen) atoms. The Labute approximate surface area is 119 Å². The van der Waals surface area contributed by atoms with Gasteiger partial charge >= 0.3 is 11.9 Å². The maximum absolute atomic E-state index is 12.2. The Hall–Kier alpha value is -1.84. The fourth-order valence-corrected chi connectivity index (χ4v) is 1.98. The normalized spacial score (nSPS) is 12.2. The third-order valence-electron chi connectivity index (χ3n) is 3.22. The van der Waals surface area contributed by atoms with Gasteiger partial charge in [-0.1, -0.05) is 45.7 Å². The van der Waals surface area contributed by atoms with Crippen molar-refractivity contribution in [1.82, 2.24) is 0 Å². The molecule has 0 fully saturated rings. The highest BCUT2D eigenvalue weighted by atomic mass is 16.5. The van der Waals surface area contributed by atoms with E-state index in [0.29, 0.717) is 0 Å². The van der Waals surface area contributed by atoms with Crippen LogP contribution in [-0.4, -0.2) is 23.1 Å². The maximum atomic E-state index is 12.2. The number of hydrogen-bond acceptors (Lipinski definition) is 3. The molecule has 1 N–H and O–H groups in total. The molecule has 0 spiro atoms. The molecule has 0 aliphatic rings. The van der Waals surface area contributed by atoms with E-state index in [2.05, 4.69) is 6.92 Å². The Morgan fingerprint density at radius 3 is 2.30 bits per heavy atom. The van der Waals surface area contributed by atoms with Crippen LogP contribution in [0.15, 0.2) is 24.3 Å². The fraction of sp³-hybridized carbons (Fsp3) is 0.500. The zero-order chi connectivity index (χ0) is 15.1. The van der Waals surface area contributed by atoms with E-state index in [9.17, 15) is 9.59 Å². The molecule has 0 aliphatic heterocycles. The summed E-state index contributed by atoms with van der Waals surface area (Å²) in [5.41, 5.74) is 0.0950. The first-order valence-corrected chi connectivity index (χ1v) is 7.00. The minimum atomic E-state index is -1.12. The Bertz CT molecular complexity index is 465. The minimum absolute atomic E-state index is 0.0181. The van der Waals surface area contributed by atoms with Gasteiger partial charge in [0, 0.05) is 0 Å². The first-order chi connectivity index (χ1) is 9.47. The lowest BCUT2D eigenvalue weighted by atomic mass is 10.0. The predicted molar refractivity (Wildman–Crippen MR) is 77.0 cm³/mol. The monoisotopic (exact) mass is 278 g/mol. The van der Waals surface area contributed by atoms with Gasteiger partial charge in [0.15, 0.2) is 0 Å². The van der Waals surface area contributed by atoms with Gasteiger partial charge in [-0.15, -0.1) is 0 Å². The van der Waals surface area contributed by atoms with E-state index < -0.39 is 11.9 Å². The lowest BCUT2D eigenvalue weighted by molar-refractivity contribution is 0.0149. The molecular formula is C16H22O4. The SMILES string of the molecule is CCCC[C@H](OC(=O)c1ccccc1C(=O)O)C(C)C. The molecule has 4 nitrogen and oxygen atoms in total. The summed E-state index contributed by atoms with van der Waals surface area (Å²) in [6.07, 6.45) is 2.64. The molecule has 1 aromatic carbocycles. The molecule has 0 saturated carbocycles. The van der Waals surface area contributed by atoms with Crippen LogP contribution >= 0.6 is 0 Å². The number of rotatable bonds is 7. The molecule has 0 saturated heterocycles. The standard InChI is InChI=1S/C16H22O4/c1-4-5-10-14(11(2)3)20-16(19)13-9-7-6-8-12(13)15(17)18/h6-9,11,14H,4-5,10H2,1-3H3,(H,17,18)/t14-/m0/s1. The number of carbonyl (C=O) groups is 2. The van der Waals surface area contributed by atoms with Crippen LogP contribution in [0.25, 0.3) is 0 Å². The second-order valence-electron chi connectivity index (χ2n) is 5.18. The molecule has 110 valence electrons. The molecular weight excluding hydrogens is 256 g/mol. The van der Waals surface area contributed by atoms with Crippen LogP contribution in [0.4, 0.5) is 0 Å². The summed E-state index contributed by atoms with van der Waals surface area (Å²) in [4.78, 5) is 23.3. The van der Waals surface area contributed by atoms with E-state index in [1.54, 1.807) is 12.1 Å². The zero-order valence-corrected chi connectivity index (χ0v) is 12.3. The Balaban J connectivity index is 2.86. The third-order valence-corrected chi connectivity index (χ3v) is 3.22. The Morgan fingerprint density at radius 1 is 1.20 bits per heavy atom. The maximum Gasteiger partial charge on any atom is 0.339 e. The van der Waals surface area contributed by atoms with Crippen molar-refractivity contribution in [1.29, 1.82) is 0 Å². The van der Waals surface area contributed by atoms with Crippen LogP contribution in [0, 0.1) is 5.92 Å². The quantitative estimate of drug-likeness (QED) is 0.771. The number of hydrogen-bond donors (Lipinski definition) is 1.